The topological polar surface area (TPSA) is 49.9 Å². The van der Waals surface area contributed by atoms with Crippen LogP contribution in [0.25, 0.3) is 5.57 Å². The summed E-state index contributed by atoms with van der Waals surface area (Å²) < 4.78 is 0. The summed E-state index contributed by atoms with van der Waals surface area (Å²) in [5.41, 5.74) is 15.1. The predicted octanol–water partition coefficient (Wildman–Crippen LogP) is 6.92. The van der Waals surface area contributed by atoms with Gasteiger partial charge in [-0.1, -0.05) is 29.3 Å². The van der Waals surface area contributed by atoms with Crippen molar-refractivity contribution in [2.75, 3.05) is 5.73 Å². The van der Waals surface area contributed by atoms with Crippen molar-refractivity contribution >= 4 is 40.2 Å². The Bertz CT molecular complexity index is 989. The highest BCUT2D eigenvalue weighted by molar-refractivity contribution is 6.38. The van der Waals surface area contributed by atoms with Crippen LogP contribution < -0.4 is 5.73 Å². The lowest BCUT2D eigenvalue weighted by molar-refractivity contribution is 1.34. The number of allylic oxidation sites excluding steroid dienone is 5. The lowest BCUT2D eigenvalue weighted by atomic mass is 9.85. The molecule has 0 saturated heterocycles. The van der Waals surface area contributed by atoms with E-state index in [0.717, 1.165) is 50.2 Å². The van der Waals surface area contributed by atoms with Gasteiger partial charge < -0.3 is 11.1 Å². The smallest absolute Gasteiger partial charge is 0.0598 e. The molecule has 0 saturated carbocycles. The molecule has 0 amide bonds. The molecule has 0 bridgehead atoms. The molecule has 0 aliphatic heterocycles. The van der Waals surface area contributed by atoms with E-state index in [9.17, 15) is 0 Å². The lowest BCUT2D eigenvalue weighted by Gasteiger charge is -2.20. The number of hydrogen-bond donors (Lipinski definition) is 2. The molecule has 138 valence electrons. The zero-order valence-corrected chi connectivity index (χ0v) is 17.4. The van der Waals surface area contributed by atoms with Gasteiger partial charge in [-0.05, 0) is 103 Å². The van der Waals surface area contributed by atoms with Gasteiger partial charge in [0.1, 0.15) is 0 Å². The van der Waals surface area contributed by atoms with Crippen molar-refractivity contribution in [2.24, 2.45) is 0 Å². The third-order valence-corrected chi connectivity index (χ3v) is 5.55. The number of nitrogen functional groups attached to an aromatic ring is 1. The van der Waals surface area contributed by atoms with Crippen molar-refractivity contribution < 1.29 is 0 Å². The monoisotopic (exact) mass is 396 g/mol. The first-order valence-corrected chi connectivity index (χ1v) is 9.48. The van der Waals surface area contributed by atoms with Crippen LogP contribution in [0.2, 0.25) is 10.0 Å². The molecule has 0 unspecified atom stereocenters. The lowest BCUT2D eigenvalue weighted by Crippen LogP contribution is -2.07. The van der Waals surface area contributed by atoms with Gasteiger partial charge >= 0.3 is 0 Å². The second-order valence-corrected chi connectivity index (χ2v) is 7.79. The van der Waals surface area contributed by atoms with Crippen LogP contribution in [0.3, 0.4) is 0 Å². The standard InChI is InChI=1S/C23H22Cl2N2/c1-12-8-16(9-13(2)22(12)26)20(21-18(24)6-5-7-19(21)25)17-10-14(3)23(27)15(4)11-17/h5-11,26H,27H2,1-4H3. The summed E-state index contributed by atoms with van der Waals surface area (Å²) in [6, 6.07) is 9.67. The second kappa shape index (κ2) is 7.38. The Morgan fingerprint density at radius 3 is 1.85 bits per heavy atom. The number of anilines is 1. The minimum Gasteiger partial charge on any atom is -0.398 e. The molecule has 2 nitrogen and oxygen atoms in total. The number of halogens is 2. The van der Waals surface area contributed by atoms with E-state index in [2.05, 4.69) is 12.1 Å². The average molecular weight is 397 g/mol. The summed E-state index contributed by atoms with van der Waals surface area (Å²) in [5.74, 6) is 0. The summed E-state index contributed by atoms with van der Waals surface area (Å²) in [5, 5.41) is 9.38. The summed E-state index contributed by atoms with van der Waals surface area (Å²) in [6.45, 7) is 7.90. The van der Waals surface area contributed by atoms with Crippen molar-refractivity contribution in [3.63, 3.8) is 0 Å². The summed E-state index contributed by atoms with van der Waals surface area (Å²) >= 11 is 13.2. The molecular formula is C23H22Cl2N2. The molecule has 4 heteroatoms. The Balaban J connectivity index is 2.43. The normalized spacial score (nSPS) is 14.1. The molecule has 1 aliphatic carbocycles. The number of aryl methyl sites for hydroxylation is 2. The van der Waals surface area contributed by atoms with Crippen LogP contribution in [-0.2, 0) is 0 Å². The fourth-order valence-corrected chi connectivity index (χ4v) is 4.01. The van der Waals surface area contributed by atoms with E-state index in [4.69, 9.17) is 34.3 Å². The van der Waals surface area contributed by atoms with E-state index in [0.29, 0.717) is 15.8 Å². The van der Waals surface area contributed by atoms with Gasteiger partial charge in [0.2, 0.25) is 0 Å². The number of benzene rings is 2. The van der Waals surface area contributed by atoms with Gasteiger partial charge in [0, 0.05) is 21.3 Å². The SMILES string of the molecule is CC1=CC(=C(c2cc(C)c(N)c(C)c2)c2c(Cl)cccc2Cl)C=C(C)C1=N. The summed E-state index contributed by atoms with van der Waals surface area (Å²) in [4.78, 5) is 0. The minimum absolute atomic E-state index is 0.549. The Morgan fingerprint density at radius 2 is 1.37 bits per heavy atom. The quantitative estimate of drug-likeness (QED) is 0.531. The van der Waals surface area contributed by atoms with Crippen LogP contribution in [0.4, 0.5) is 5.69 Å². The Labute approximate surface area is 170 Å². The highest BCUT2D eigenvalue weighted by atomic mass is 35.5. The van der Waals surface area contributed by atoms with Crippen LogP contribution in [-0.4, -0.2) is 5.71 Å². The molecule has 27 heavy (non-hydrogen) atoms. The molecule has 0 fully saturated rings. The molecule has 0 aromatic heterocycles. The van der Waals surface area contributed by atoms with E-state index < -0.39 is 0 Å². The molecule has 3 rings (SSSR count). The molecule has 1 aliphatic rings. The van der Waals surface area contributed by atoms with Crippen LogP contribution in [0.1, 0.15) is 36.1 Å². The number of nitrogens with one attached hydrogen (secondary N) is 1. The maximum absolute atomic E-state index is 8.19. The zero-order chi connectivity index (χ0) is 19.9. The molecule has 0 radical (unpaired) electrons. The molecule has 2 aromatic carbocycles. The van der Waals surface area contributed by atoms with Gasteiger partial charge in [-0.3, -0.25) is 0 Å². The minimum atomic E-state index is 0.549. The van der Waals surface area contributed by atoms with Crippen molar-refractivity contribution in [3.05, 3.63) is 91.5 Å². The summed E-state index contributed by atoms with van der Waals surface area (Å²) in [7, 11) is 0. The van der Waals surface area contributed by atoms with Gasteiger partial charge in [0.15, 0.2) is 0 Å². The van der Waals surface area contributed by atoms with Gasteiger partial charge in [-0.15, -0.1) is 0 Å². The Hall–Kier alpha value is -2.29. The highest BCUT2D eigenvalue weighted by Crippen LogP contribution is 2.40. The molecule has 2 aromatic rings. The third kappa shape index (κ3) is 3.60. The zero-order valence-electron chi connectivity index (χ0n) is 15.9. The fourth-order valence-electron chi connectivity index (χ4n) is 3.42. The molecule has 3 N–H and O–H groups in total. The van der Waals surface area contributed by atoms with Gasteiger partial charge in [-0.2, -0.15) is 0 Å². The molecular weight excluding hydrogens is 375 g/mol. The maximum Gasteiger partial charge on any atom is 0.0598 e. The Kier molecular flexibility index (Phi) is 5.32. The molecule has 0 heterocycles. The van der Waals surface area contributed by atoms with E-state index in [1.54, 1.807) is 0 Å². The van der Waals surface area contributed by atoms with Gasteiger partial charge in [0.05, 0.1) is 5.71 Å². The number of rotatable bonds is 2. The van der Waals surface area contributed by atoms with Gasteiger partial charge in [0.25, 0.3) is 0 Å². The first kappa shape index (κ1) is 19.5. The number of nitrogens with two attached hydrogens (primary N) is 1. The van der Waals surface area contributed by atoms with Crippen LogP contribution in [0, 0.1) is 19.3 Å². The highest BCUT2D eigenvalue weighted by Gasteiger charge is 2.20. The van der Waals surface area contributed by atoms with E-state index in [1.165, 1.54) is 0 Å². The Morgan fingerprint density at radius 1 is 0.889 bits per heavy atom. The fraction of sp³-hybridized carbons (Fsp3) is 0.174. The van der Waals surface area contributed by atoms with Crippen molar-refractivity contribution in [1.82, 2.24) is 0 Å². The van der Waals surface area contributed by atoms with Gasteiger partial charge in [-0.25, -0.2) is 0 Å². The first-order valence-electron chi connectivity index (χ1n) is 8.72. The van der Waals surface area contributed by atoms with Crippen molar-refractivity contribution in [3.8, 4) is 0 Å². The van der Waals surface area contributed by atoms with Crippen molar-refractivity contribution in [1.29, 1.82) is 5.41 Å². The van der Waals surface area contributed by atoms with Crippen LogP contribution in [0.15, 0.2) is 59.2 Å². The van der Waals surface area contributed by atoms with E-state index >= 15 is 0 Å². The summed E-state index contributed by atoms with van der Waals surface area (Å²) in [6.07, 6.45) is 4.04. The molecule has 0 spiro atoms. The van der Waals surface area contributed by atoms with E-state index in [1.807, 2.05) is 58.0 Å². The predicted molar refractivity (Wildman–Crippen MR) is 118 cm³/mol. The largest absolute Gasteiger partial charge is 0.398 e. The van der Waals surface area contributed by atoms with Crippen molar-refractivity contribution in [2.45, 2.75) is 27.7 Å². The average Bonchev–Trinajstić information content (AvgIpc) is 2.60. The second-order valence-electron chi connectivity index (χ2n) is 6.98. The first-order chi connectivity index (χ1) is 12.7. The van der Waals surface area contributed by atoms with Crippen LogP contribution >= 0.6 is 23.2 Å². The molecule has 0 atom stereocenters. The van der Waals surface area contributed by atoms with Crippen LogP contribution in [0.5, 0.6) is 0 Å². The number of hydrogen-bond acceptors (Lipinski definition) is 2. The van der Waals surface area contributed by atoms with E-state index in [-0.39, 0.29) is 0 Å². The third-order valence-electron chi connectivity index (χ3n) is 4.92. The maximum atomic E-state index is 8.19.